The Bertz CT molecular complexity index is 1120. The summed E-state index contributed by atoms with van der Waals surface area (Å²) in [5.41, 5.74) is 1.55. The van der Waals surface area contributed by atoms with Crippen LogP contribution in [0.15, 0.2) is 35.3 Å². The predicted molar refractivity (Wildman–Crippen MR) is 130 cm³/mol. The molecule has 0 aromatic carbocycles. The highest BCUT2D eigenvalue weighted by Crippen LogP contribution is 2.38. The fraction of sp³-hybridized carbons (Fsp3) is 0.364. The number of carbonyl (C=O) groups is 2. The first-order valence-corrected chi connectivity index (χ1v) is 13.0. The molecule has 168 valence electrons. The minimum atomic E-state index is -0.390. The van der Waals surface area contributed by atoms with Gasteiger partial charge in [0.1, 0.15) is 5.00 Å². The van der Waals surface area contributed by atoms with Gasteiger partial charge in [-0.2, -0.15) is 0 Å². The van der Waals surface area contributed by atoms with Crippen LogP contribution in [0.25, 0.3) is 10.7 Å². The summed E-state index contributed by atoms with van der Waals surface area (Å²) in [7, 11) is 1.38. The van der Waals surface area contributed by atoms with E-state index in [-0.39, 0.29) is 11.7 Å². The molecule has 7 nitrogen and oxygen atoms in total. The molecule has 1 aliphatic carbocycles. The van der Waals surface area contributed by atoms with Crippen LogP contribution < -0.4 is 5.32 Å². The monoisotopic (exact) mass is 488 g/mol. The second-order valence-corrected chi connectivity index (χ2v) is 10.3. The molecule has 1 N–H and O–H groups in total. The van der Waals surface area contributed by atoms with Crippen molar-refractivity contribution in [1.82, 2.24) is 14.8 Å². The van der Waals surface area contributed by atoms with Crippen LogP contribution in [0.2, 0.25) is 0 Å². The average Bonchev–Trinajstić information content (AvgIpc) is 3.48. The third kappa shape index (κ3) is 4.82. The lowest BCUT2D eigenvalue weighted by Crippen LogP contribution is -2.16. The van der Waals surface area contributed by atoms with Gasteiger partial charge >= 0.3 is 5.97 Å². The van der Waals surface area contributed by atoms with Gasteiger partial charge in [-0.15, -0.1) is 39.4 Å². The van der Waals surface area contributed by atoms with E-state index >= 15 is 0 Å². The van der Waals surface area contributed by atoms with Crippen LogP contribution in [0.3, 0.4) is 0 Å². The maximum atomic E-state index is 12.8. The molecule has 0 aliphatic heterocycles. The molecule has 3 heterocycles. The van der Waals surface area contributed by atoms with Crippen LogP contribution in [-0.2, 0) is 28.9 Å². The molecule has 32 heavy (non-hydrogen) atoms. The number of methoxy groups -OCH3 is 1. The molecule has 1 aliphatic rings. The Morgan fingerprint density at radius 3 is 2.91 bits per heavy atom. The second-order valence-electron chi connectivity index (χ2n) is 7.28. The lowest BCUT2D eigenvalue weighted by atomic mass is 10.1. The Morgan fingerprint density at radius 1 is 1.31 bits per heavy atom. The second kappa shape index (κ2) is 10.5. The van der Waals surface area contributed by atoms with Crippen molar-refractivity contribution < 1.29 is 14.3 Å². The fourth-order valence-electron chi connectivity index (χ4n) is 3.72. The number of hydrogen-bond acceptors (Lipinski definition) is 8. The first-order chi connectivity index (χ1) is 15.6. The highest BCUT2D eigenvalue weighted by molar-refractivity contribution is 7.99. The van der Waals surface area contributed by atoms with Crippen LogP contribution in [0.4, 0.5) is 5.00 Å². The molecular formula is C22H24N4O3S3. The first-order valence-electron chi connectivity index (χ1n) is 10.4. The van der Waals surface area contributed by atoms with Gasteiger partial charge in [0.15, 0.2) is 11.0 Å². The minimum Gasteiger partial charge on any atom is -0.465 e. The number of nitrogens with zero attached hydrogens (tertiary/aromatic N) is 3. The molecule has 0 spiro atoms. The molecule has 10 heteroatoms. The van der Waals surface area contributed by atoms with Crippen molar-refractivity contribution in [3.05, 3.63) is 46.2 Å². The minimum absolute atomic E-state index is 0.156. The standard InChI is InChI=1S/C22H24N4O3S3/c1-3-11-26-19(16-10-7-12-30-16)24-25-22(26)31-13-17(27)23-20-18(21(28)29-2)14-8-5-4-6-9-15(14)32-20/h3,7,10,12H,1,4-6,8-9,11,13H2,2H3,(H,23,27). The first kappa shape index (κ1) is 22.8. The van der Waals surface area contributed by atoms with Crippen LogP contribution in [0.1, 0.15) is 40.1 Å². The third-order valence-corrected chi connectivity index (χ3v) is 8.21. The number of esters is 1. The summed E-state index contributed by atoms with van der Waals surface area (Å²) >= 11 is 4.40. The van der Waals surface area contributed by atoms with Crippen LogP contribution in [0, 0.1) is 0 Å². The number of thiophene rings is 2. The quantitative estimate of drug-likeness (QED) is 0.207. The van der Waals surface area contributed by atoms with E-state index in [1.165, 1.54) is 35.1 Å². The van der Waals surface area contributed by atoms with E-state index < -0.39 is 5.97 Å². The largest absolute Gasteiger partial charge is 0.465 e. The van der Waals surface area contributed by atoms with Crippen molar-refractivity contribution in [2.75, 3.05) is 18.2 Å². The Labute approximate surface area is 198 Å². The van der Waals surface area contributed by atoms with Gasteiger partial charge in [0, 0.05) is 11.4 Å². The molecule has 0 fully saturated rings. The number of nitrogens with one attached hydrogen (secondary N) is 1. The number of rotatable bonds is 8. The molecule has 0 bridgehead atoms. The summed E-state index contributed by atoms with van der Waals surface area (Å²) in [4.78, 5) is 27.4. The van der Waals surface area contributed by atoms with Crippen molar-refractivity contribution in [2.24, 2.45) is 0 Å². The molecule has 3 aromatic heterocycles. The number of hydrogen-bond donors (Lipinski definition) is 1. The number of carbonyl (C=O) groups excluding carboxylic acids is 2. The molecule has 0 radical (unpaired) electrons. The zero-order valence-electron chi connectivity index (χ0n) is 17.8. The molecule has 0 saturated carbocycles. The van der Waals surface area contributed by atoms with Gasteiger partial charge in [0.05, 0.1) is 23.3 Å². The van der Waals surface area contributed by atoms with Crippen molar-refractivity contribution in [3.63, 3.8) is 0 Å². The zero-order chi connectivity index (χ0) is 22.5. The number of allylic oxidation sites excluding steroid dienone is 1. The van der Waals surface area contributed by atoms with E-state index in [0.717, 1.165) is 48.4 Å². The van der Waals surface area contributed by atoms with Gasteiger partial charge in [0.25, 0.3) is 0 Å². The van der Waals surface area contributed by atoms with Gasteiger partial charge in [-0.05, 0) is 42.7 Å². The highest BCUT2D eigenvalue weighted by atomic mass is 32.2. The number of amides is 1. The van der Waals surface area contributed by atoms with Gasteiger partial charge in [-0.25, -0.2) is 4.79 Å². The van der Waals surface area contributed by atoms with Crippen molar-refractivity contribution in [2.45, 2.75) is 43.8 Å². The molecule has 4 rings (SSSR count). The number of aromatic nitrogens is 3. The summed E-state index contributed by atoms with van der Waals surface area (Å²) in [5, 5.41) is 14.7. The average molecular weight is 489 g/mol. The van der Waals surface area contributed by atoms with Gasteiger partial charge in [0.2, 0.25) is 5.91 Å². The Morgan fingerprint density at radius 2 is 2.16 bits per heavy atom. The summed E-state index contributed by atoms with van der Waals surface area (Å²) in [5.74, 6) is 0.335. The van der Waals surface area contributed by atoms with E-state index in [2.05, 4.69) is 22.1 Å². The number of fused-ring (bicyclic) bond motifs is 1. The SMILES string of the molecule is C=CCn1c(SCC(=O)Nc2sc3c(c2C(=O)OC)CCCCC3)nnc1-c1cccs1. The van der Waals surface area contributed by atoms with Crippen molar-refractivity contribution in [3.8, 4) is 10.7 Å². The molecule has 0 saturated heterocycles. The van der Waals surface area contributed by atoms with Crippen LogP contribution >= 0.6 is 34.4 Å². The van der Waals surface area contributed by atoms with E-state index in [9.17, 15) is 9.59 Å². The number of ether oxygens (including phenoxy) is 1. The summed E-state index contributed by atoms with van der Waals surface area (Å²) in [6.07, 6.45) is 6.86. The number of anilines is 1. The lowest BCUT2D eigenvalue weighted by molar-refractivity contribution is -0.113. The molecule has 0 atom stereocenters. The van der Waals surface area contributed by atoms with Crippen LogP contribution in [0.5, 0.6) is 0 Å². The Hall–Kier alpha value is -2.43. The summed E-state index contributed by atoms with van der Waals surface area (Å²) in [6.45, 7) is 4.37. The van der Waals surface area contributed by atoms with E-state index in [4.69, 9.17) is 4.74 Å². The maximum Gasteiger partial charge on any atom is 0.341 e. The summed E-state index contributed by atoms with van der Waals surface area (Å²) in [6, 6.07) is 3.96. The Balaban J connectivity index is 1.49. The van der Waals surface area contributed by atoms with Gasteiger partial charge in [-0.1, -0.05) is 30.3 Å². The van der Waals surface area contributed by atoms with E-state index in [0.29, 0.717) is 22.3 Å². The lowest BCUT2D eigenvalue weighted by Gasteiger charge is -2.08. The molecule has 0 unspecified atom stereocenters. The van der Waals surface area contributed by atoms with Gasteiger partial charge < -0.3 is 10.1 Å². The molecular weight excluding hydrogens is 464 g/mol. The van der Waals surface area contributed by atoms with E-state index in [1.807, 2.05) is 22.1 Å². The fourth-order valence-corrected chi connectivity index (χ4v) is 6.48. The van der Waals surface area contributed by atoms with Crippen molar-refractivity contribution in [1.29, 1.82) is 0 Å². The topological polar surface area (TPSA) is 86.1 Å². The Kier molecular flexibility index (Phi) is 7.44. The third-order valence-electron chi connectivity index (χ3n) is 5.17. The smallest absolute Gasteiger partial charge is 0.341 e. The molecule has 3 aromatic rings. The predicted octanol–water partition coefficient (Wildman–Crippen LogP) is 5.04. The normalized spacial score (nSPS) is 13.3. The van der Waals surface area contributed by atoms with Crippen molar-refractivity contribution >= 4 is 51.3 Å². The van der Waals surface area contributed by atoms with Gasteiger partial charge in [-0.3, -0.25) is 9.36 Å². The summed E-state index contributed by atoms with van der Waals surface area (Å²) < 4.78 is 6.96. The zero-order valence-corrected chi connectivity index (χ0v) is 20.2. The number of aryl methyl sites for hydroxylation is 1. The van der Waals surface area contributed by atoms with Crippen LogP contribution in [-0.4, -0.2) is 39.5 Å². The number of thioether (sulfide) groups is 1. The maximum absolute atomic E-state index is 12.8. The van der Waals surface area contributed by atoms with E-state index in [1.54, 1.807) is 17.4 Å². The highest BCUT2D eigenvalue weighted by Gasteiger charge is 2.26. The molecule has 1 amide bonds.